The van der Waals surface area contributed by atoms with E-state index in [1.165, 1.54) is 22.4 Å². The molecular weight excluding hydrogens is 264 g/mol. The molecule has 2 aromatic rings. The number of nitrogens with two attached hydrogens (primary N) is 1. The molecule has 1 aromatic carbocycles. The van der Waals surface area contributed by atoms with E-state index in [1.807, 2.05) is 11.3 Å². The molecule has 0 aliphatic carbocycles. The Morgan fingerprint density at radius 3 is 3.00 bits per heavy atom. The number of aryl methyl sites for hydroxylation is 1. The van der Waals surface area contributed by atoms with Gasteiger partial charge < -0.3 is 10.6 Å². The lowest BCUT2D eigenvalue weighted by Gasteiger charge is -2.37. The highest BCUT2D eigenvalue weighted by atomic mass is 32.1. The van der Waals surface area contributed by atoms with Gasteiger partial charge in [-0.2, -0.15) is 0 Å². The van der Waals surface area contributed by atoms with Crippen LogP contribution in [0.5, 0.6) is 0 Å². The molecule has 3 heteroatoms. The third-order valence-electron chi connectivity index (χ3n) is 4.24. The smallest absolute Gasteiger partial charge is 0.0525 e. The van der Waals surface area contributed by atoms with Crippen LogP contribution in [0.15, 0.2) is 29.6 Å². The van der Waals surface area contributed by atoms with Gasteiger partial charge in [0.25, 0.3) is 0 Å². The second kappa shape index (κ2) is 5.58. The molecule has 1 unspecified atom stereocenters. The molecule has 3 rings (SSSR count). The van der Waals surface area contributed by atoms with E-state index in [-0.39, 0.29) is 0 Å². The fourth-order valence-corrected chi connectivity index (χ4v) is 4.15. The molecule has 106 valence electrons. The van der Waals surface area contributed by atoms with Crippen molar-refractivity contribution in [1.29, 1.82) is 0 Å². The van der Waals surface area contributed by atoms with E-state index in [2.05, 4.69) is 48.4 Å². The van der Waals surface area contributed by atoms with Gasteiger partial charge in [-0.15, -0.1) is 11.3 Å². The average molecular weight is 286 g/mol. The van der Waals surface area contributed by atoms with E-state index >= 15 is 0 Å². The predicted octanol–water partition coefficient (Wildman–Crippen LogP) is 3.68. The molecule has 0 radical (unpaired) electrons. The minimum atomic E-state index is 0.462. The Balaban J connectivity index is 1.98. The summed E-state index contributed by atoms with van der Waals surface area (Å²) in [6.07, 6.45) is 2.12. The highest BCUT2D eigenvalue weighted by Crippen LogP contribution is 2.37. The number of thiophene rings is 1. The Morgan fingerprint density at radius 1 is 1.35 bits per heavy atom. The molecule has 0 spiro atoms. The molecule has 2 N–H and O–H groups in total. The van der Waals surface area contributed by atoms with Gasteiger partial charge >= 0.3 is 0 Å². The van der Waals surface area contributed by atoms with Crippen molar-refractivity contribution in [3.8, 4) is 0 Å². The molecule has 0 bridgehead atoms. The van der Waals surface area contributed by atoms with Crippen LogP contribution in [0, 0.1) is 6.92 Å². The lowest BCUT2D eigenvalue weighted by Crippen LogP contribution is -2.34. The molecule has 1 aromatic heterocycles. The maximum atomic E-state index is 5.79. The summed E-state index contributed by atoms with van der Waals surface area (Å²) in [7, 11) is 0. The van der Waals surface area contributed by atoms with Crippen LogP contribution in [0.2, 0.25) is 0 Å². The fourth-order valence-electron chi connectivity index (χ4n) is 3.19. The van der Waals surface area contributed by atoms with Gasteiger partial charge in [0.1, 0.15) is 0 Å². The van der Waals surface area contributed by atoms with E-state index in [0.717, 1.165) is 19.4 Å². The Bertz CT molecular complexity index is 603. The van der Waals surface area contributed by atoms with Gasteiger partial charge in [-0.1, -0.05) is 17.7 Å². The van der Waals surface area contributed by atoms with E-state index < -0.39 is 0 Å². The number of anilines is 1. The van der Waals surface area contributed by atoms with Crippen molar-refractivity contribution >= 4 is 17.0 Å². The van der Waals surface area contributed by atoms with Gasteiger partial charge in [-0.05, 0) is 61.9 Å². The molecule has 20 heavy (non-hydrogen) atoms. The molecule has 2 nitrogen and oxygen atoms in total. The van der Waals surface area contributed by atoms with Crippen molar-refractivity contribution in [1.82, 2.24) is 0 Å². The summed E-state index contributed by atoms with van der Waals surface area (Å²) in [5.74, 6) is 0. The van der Waals surface area contributed by atoms with Gasteiger partial charge in [0.2, 0.25) is 0 Å². The van der Waals surface area contributed by atoms with Gasteiger partial charge in [0, 0.05) is 17.1 Å². The Labute approximate surface area is 125 Å². The van der Waals surface area contributed by atoms with Gasteiger partial charge in [-0.3, -0.25) is 0 Å². The lowest BCUT2D eigenvalue weighted by atomic mass is 9.98. The fraction of sp³-hybridized carbons (Fsp3) is 0.412. The average Bonchev–Trinajstić information content (AvgIpc) is 2.90. The molecule has 0 saturated heterocycles. The Morgan fingerprint density at radius 2 is 2.20 bits per heavy atom. The normalized spacial score (nSPS) is 18.1. The highest BCUT2D eigenvalue weighted by Gasteiger charge is 2.26. The maximum Gasteiger partial charge on any atom is 0.0525 e. The first-order valence-electron chi connectivity index (χ1n) is 7.33. The van der Waals surface area contributed by atoms with Crippen molar-refractivity contribution in [2.24, 2.45) is 5.73 Å². The highest BCUT2D eigenvalue weighted by molar-refractivity contribution is 7.10. The summed E-state index contributed by atoms with van der Waals surface area (Å²) < 4.78 is 0. The van der Waals surface area contributed by atoms with Crippen LogP contribution < -0.4 is 10.6 Å². The summed E-state index contributed by atoms with van der Waals surface area (Å²) in [6, 6.07) is 9.52. The standard InChI is InChI=1S/C17H22N2S/c1-12-3-4-16(14(11-12)5-8-18)19-9-6-17-15(13(19)2)7-10-20-17/h3-4,7,10-11,13H,5-6,8-9,18H2,1-2H3. The predicted molar refractivity (Wildman–Crippen MR) is 87.7 cm³/mol. The number of benzene rings is 1. The molecule has 0 saturated carbocycles. The second-order valence-electron chi connectivity index (χ2n) is 5.59. The summed E-state index contributed by atoms with van der Waals surface area (Å²) in [5.41, 5.74) is 11.4. The summed E-state index contributed by atoms with van der Waals surface area (Å²) in [4.78, 5) is 4.10. The zero-order valence-corrected chi connectivity index (χ0v) is 13.0. The van der Waals surface area contributed by atoms with Crippen molar-refractivity contribution in [2.45, 2.75) is 32.7 Å². The minimum absolute atomic E-state index is 0.462. The number of nitrogens with zero attached hydrogens (tertiary/aromatic N) is 1. The second-order valence-corrected chi connectivity index (χ2v) is 6.59. The van der Waals surface area contributed by atoms with Crippen LogP contribution in [0.4, 0.5) is 5.69 Å². The molecule has 0 amide bonds. The first-order chi connectivity index (χ1) is 9.70. The maximum absolute atomic E-state index is 5.79. The topological polar surface area (TPSA) is 29.3 Å². The molecular formula is C17H22N2S. The summed E-state index contributed by atoms with van der Waals surface area (Å²) in [6.45, 7) is 6.29. The third kappa shape index (κ3) is 2.36. The number of rotatable bonds is 3. The van der Waals surface area contributed by atoms with Crippen molar-refractivity contribution in [3.63, 3.8) is 0 Å². The van der Waals surface area contributed by atoms with E-state index in [9.17, 15) is 0 Å². The van der Waals surface area contributed by atoms with E-state index in [1.54, 1.807) is 4.88 Å². The third-order valence-corrected chi connectivity index (χ3v) is 5.23. The zero-order valence-electron chi connectivity index (χ0n) is 12.2. The van der Waals surface area contributed by atoms with Gasteiger partial charge in [0.05, 0.1) is 6.04 Å². The first kappa shape index (κ1) is 13.7. The van der Waals surface area contributed by atoms with E-state index in [4.69, 9.17) is 5.73 Å². The van der Waals surface area contributed by atoms with Crippen LogP contribution in [-0.4, -0.2) is 13.1 Å². The number of hydrogen-bond donors (Lipinski definition) is 1. The van der Waals surface area contributed by atoms with Gasteiger partial charge in [0.15, 0.2) is 0 Å². The molecule has 2 heterocycles. The van der Waals surface area contributed by atoms with Crippen LogP contribution in [0.3, 0.4) is 0 Å². The molecule has 1 aliphatic heterocycles. The number of fused-ring (bicyclic) bond motifs is 1. The summed E-state index contributed by atoms with van der Waals surface area (Å²) >= 11 is 1.90. The largest absolute Gasteiger partial charge is 0.364 e. The van der Waals surface area contributed by atoms with Crippen molar-refractivity contribution in [3.05, 3.63) is 51.2 Å². The minimum Gasteiger partial charge on any atom is -0.364 e. The Kier molecular flexibility index (Phi) is 3.81. The summed E-state index contributed by atoms with van der Waals surface area (Å²) in [5, 5.41) is 2.22. The van der Waals surface area contributed by atoms with Gasteiger partial charge in [-0.25, -0.2) is 0 Å². The van der Waals surface area contributed by atoms with Crippen molar-refractivity contribution < 1.29 is 0 Å². The Hall–Kier alpha value is -1.32. The number of hydrogen-bond acceptors (Lipinski definition) is 3. The molecule has 1 atom stereocenters. The molecule has 0 fully saturated rings. The van der Waals surface area contributed by atoms with Crippen LogP contribution in [0.25, 0.3) is 0 Å². The van der Waals surface area contributed by atoms with Crippen LogP contribution in [0.1, 0.15) is 34.5 Å². The van der Waals surface area contributed by atoms with Crippen LogP contribution >= 0.6 is 11.3 Å². The zero-order chi connectivity index (χ0) is 14.1. The molecule has 1 aliphatic rings. The van der Waals surface area contributed by atoms with E-state index in [0.29, 0.717) is 12.6 Å². The first-order valence-corrected chi connectivity index (χ1v) is 8.21. The van der Waals surface area contributed by atoms with Crippen LogP contribution in [-0.2, 0) is 12.8 Å². The monoisotopic (exact) mass is 286 g/mol. The van der Waals surface area contributed by atoms with Crippen molar-refractivity contribution in [2.75, 3.05) is 18.0 Å². The quantitative estimate of drug-likeness (QED) is 0.932. The SMILES string of the molecule is Cc1ccc(N2CCc3sccc3C2C)c(CCN)c1. The lowest BCUT2D eigenvalue weighted by molar-refractivity contribution is 0.629.